The van der Waals surface area contributed by atoms with Crippen LogP contribution in [-0.4, -0.2) is 18.0 Å². The average molecular weight is 641 g/mol. The van der Waals surface area contributed by atoms with Crippen molar-refractivity contribution in [1.82, 2.24) is 5.32 Å². The van der Waals surface area contributed by atoms with Gasteiger partial charge >= 0.3 is 0 Å². The van der Waals surface area contributed by atoms with Gasteiger partial charge in [-0.1, -0.05) is 103 Å². The fourth-order valence-corrected chi connectivity index (χ4v) is 11.7. The molecule has 1 amide bonds. The molecule has 0 bridgehead atoms. The summed E-state index contributed by atoms with van der Waals surface area (Å²) in [6, 6.07) is 18.0. The minimum absolute atomic E-state index is 0.0280. The zero-order valence-corrected chi connectivity index (χ0v) is 30.2. The Labute approximate surface area is 286 Å². The summed E-state index contributed by atoms with van der Waals surface area (Å²) in [5.41, 5.74) is 9.52. The van der Waals surface area contributed by atoms with Gasteiger partial charge in [0.05, 0.1) is 6.04 Å². The SMILES string of the molecule is CC(C)CCC[C@@H](C)[C@H]1CC[C@H]2[C@@H]3CCC4CCCC(NC(=O)[C@@H](N)Cc5ccc(OCc6ccccc6)cc5)[C@]4(C)[C@H]3CC[C@]12C. The molecule has 0 saturated heterocycles. The number of ether oxygens (including phenoxy) is 1. The van der Waals surface area contributed by atoms with E-state index >= 15 is 0 Å². The predicted octanol–water partition coefficient (Wildman–Crippen LogP) is 9.74. The van der Waals surface area contributed by atoms with E-state index in [0.29, 0.717) is 18.4 Å². The Balaban J connectivity index is 1.08. The maximum atomic E-state index is 13.7. The lowest BCUT2D eigenvalue weighted by atomic mass is 9.43. The van der Waals surface area contributed by atoms with E-state index in [4.69, 9.17) is 10.5 Å². The van der Waals surface area contributed by atoms with Gasteiger partial charge in [-0.15, -0.1) is 0 Å². The molecule has 0 aliphatic heterocycles. The van der Waals surface area contributed by atoms with Gasteiger partial charge < -0.3 is 15.8 Å². The van der Waals surface area contributed by atoms with E-state index in [-0.39, 0.29) is 17.4 Å². The average Bonchev–Trinajstić information content (AvgIpc) is 3.42. The van der Waals surface area contributed by atoms with Gasteiger partial charge in [0.25, 0.3) is 0 Å². The molecule has 4 aliphatic rings. The van der Waals surface area contributed by atoms with Crippen molar-refractivity contribution < 1.29 is 9.53 Å². The molecule has 6 rings (SSSR count). The molecule has 3 N–H and O–H groups in total. The van der Waals surface area contributed by atoms with Crippen molar-refractivity contribution >= 4 is 5.91 Å². The van der Waals surface area contributed by atoms with Crippen molar-refractivity contribution in [3.63, 3.8) is 0 Å². The molecule has 10 atom stereocenters. The molecule has 2 unspecified atom stereocenters. The van der Waals surface area contributed by atoms with Crippen molar-refractivity contribution in [3.05, 3.63) is 65.7 Å². The third kappa shape index (κ3) is 7.19. The largest absolute Gasteiger partial charge is 0.489 e. The summed E-state index contributed by atoms with van der Waals surface area (Å²) in [5, 5.41) is 3.60. The van der Waals surface area contributed by atoms with Crippen LogP contribution in [0.15, 0.2) is 54.6 Å². The van der Waals surface area contributed by atoms with Gasteiger partial charge in [0.2, 0.25) is 5.91 Å². The van der Waals surface area contributed by atoms with E-state index in [1.807, 2.05) is 30.3 Å². The van der Waals surface area contributed by atoms with E-state index in [2.05, 4.69) is 64.2 Å². The van der Waals surface area contributed by atoms with Gasteiger partial charge in [0, 0.05) is 6.04 Å². The van der Waals surface area contributed by atoms with Gasteiger partial charge in [-0.25, -0.2) is 0 Å². The molecule has 4 nitrogen and oxygen atoms in total. The monoisotopic (exact) mass is 640 g/mol. The molecular formula is C43H64N2O2. The summed E-state index contributed by atoms with van der Waals surface area (Å²) in [6.45, 7) is 13.1. The Hall–Kier alpha value is -2.33. The molecule has 47 heavy (non-hydrogen) atoms. The topological polar surface area (TPSA) is 64.4 Å². The van der Waals surface area contributed by atoms with Gasteiger partial charge in [-0.2, -0.15) is 0 Å². The molecule has 4 heteroatoms. The maximum Gasteiger partial charge on any atom is 0.237 e. The minimum atomic E-state index is -0.545. The Kier molecular flexibility index (Phi) is 10.8. The molecule has 0 aromatic heterocycles. The van der Waals surface area contributed by atoms with Gasteiger partial charge in [-0.3, -0.25) is 4.79 Å². The van der Waals surface area contributed by atoms with Crippen LogP contribution in [0.1, 0.15) is 123 Å². The third-order valence-electron chi connectivity index (χ3n) is 14.2. The summed E-state index contributed by atoms with van der Waals surface area (Å²) in [6.07, 6.45) is 16.7. The quantitative estimate of drug-likeness (QED) is 0.243. The smallest absolute Gasteiger partial charge is 0.237 e. The van der Waals surface area contributed by atoms with E-state index in [0.717, 1.165) is 64.7 Å². The molecule has 0 radical (unpaired) electrons. The van der Waals surface area contributed by atoms with Crippen LogP contribution in [0.5, 0.6) is 5.75 Å². The lowest BCUT2D eigenvalue weighted by Gasteiger charge is -2.63. The van der Waals surface area contributed by atoms with E-state index < -0.39 is 6.04 Å². The molecule has 2 aromatic rings. The summed E-state index contributed by atoms with van der Waals surface area (Å²) in [7, 11) is 0. The number of rotatable bonds is 12. The molecule has 0 heterocycles. The first-order valence-corrected chi connectivity index (χ1v) is 19.4. The lowest BCUT2D eigenvalue weighted by Crippen LogP contribution is -2.63. The Morgan fingerprint density at radius 2 is 1.64 bits per heavy atom. The highest BCUT2D eigenvalue weighted by molar-refractivity contribution is 5.82. The second kappa shape index (κ2) is 14.7. The lowest BCUT2D eigenvalue weighted by molar-refractivity contribution is -0.139. The Morgan fingerprint density at radius 3 is 2.38 bits per heavy atom. The number of hydrogen-bond acceptors (Lipinski definition) is 3. The normalized spacial score (nSPS) is 34.5. The molecular weight excluding hydrogens is 576 g/mol. The van der Waals surface area contributed by atoms with Crippen molar-refractivity contribution in [1.29, 1.82) is 0 Å². The van der Waals surface area contributed by atoms with Crippen LogP contribution in [0.3, 0.4) is 0 Å². The second-order valence-electron chi connectivity index (χ2n) is 17.3. The first-order chi connectivity index (χ1) is 22.6. The maximum absolute atomic E-state index is 13.7. The summed E-state index contributed by atoms with van der Waals surface area (Å²) in [4.78, 5) is 13.7. The van der Waals surface area contributed by atoms with Gasteiger partial charge in [0.1, 0.15) is 12.4 Å². The number of fused-ring (bicyclic) bond motifs is 5. The highest BCUT2D eigenvalue weighted by atomic mass is 16.5. The van der Waals surface area contributed by atoms with Crippen molar-refractivity contribution in [3.8, 4) is 5.75 Å². The van der Waals surface area contributed by atoms with Gasteiger partial charge in [0.15, 0.2) is 0 Å². The van der Waals surface area contributed by atoms with Crippen LogP contribution in [-0.2, 0) is 17.8 Å². The van der Waals surface area contributed by atoms with Crippen LogP contribution in [0.2, 0.25) is 0 Å². The molecule has 4 fully saturated rings. The highest BCUT2D eigenvalue weighted by Crippen LogP contribution is 2.68. The molecule has 4 aliphatic carbocycles. The number of nitrogens with two attached hydrogens (primary N) is 1. The summed E-state index contributed by atoms with van der Waals surface area (Å²) >= 11 is 0. The van der Waals surface area contributed by atoms with Crippen LogP contribution < -0.4 is 15.8 Å². The second-order valence-corrected chi connectivity index (χ2v) is 17.3. The van der Waals surface area contributed by atoms with E-state index in [1.165, 1.54) is 70.6 Å². The van der Waals surface area contributed by atoms with Gasteiger partial charge in [-0.05, 0) is 133 Å². The zero-order valence-electron chi connectivity index (χ0n) is 30.2. The number of amides is 1. The van der Waals surface area contributed by atoms with Crippen molar-refractivity contribution in [2.45, 2.75) is 137 Å². The molecule has 0 spiro atoms. The van der Waals surface area contributed by atoms with Crippen LogP contribution in [0.25, 0.3) is 0 Å². The number of carbonyl (C=O) groups is 1. The highest BCUT2D eigenvalue weighted by Gasteiger charge is 2.62. The van der Waals surface area contributed by atoms with E-state index in [1.54, 1.807) is 0 Å². The number of nitrogens with one attached hydrogen (secondary N) is 1. The Bertz CT molecular complexity index is 1310. The fraction of sp³-hybridized carbons (Fsp3) is 0.698. The first-order valence-electron chi connectivity index (χ1n) is 19.4. The predicted molar refractivity (Wildman–Crippen MR) is 194 cm³/mol. The number of carbonyl (C=O) groups excluding carboxylic acids is 1. The third-order valence-corrected chi connectivity index (χ3v) is 14.2. The fourth-order valence-electron chi connectivity index (χ4n) is 11.7. The number of benzene rings is 2. The van der Waals surface area contributed by atoms with E-state index in [9.17, 15) is 4.79 Å². The van der Waals surface area contributed by atoms with Crippen molar-refractivity contribution in [2.24, 2.45) is 58.0 Å². The summed E-state index contributed by atoms with van der Waals surface area (Å²) in [5.74, 6) is 6.52. The zero-order chi connectivity index (χ0) is 33.2. The summed E-state index contributed by atoms with van der Waals surface area (Å²) < 4.78 is 5.97. The molecule has 2 aromatic carbocycles. The molecule has 4 saturated carbocycles. The standard InChI is InChI=1S/C43H64N2O2/c1-29(2)11-9-12-30(3)36-23-24-37-35-22-19-33-15-10-16-40(43(33,5)38(35)25-26-42(36,37)4)45-41(46)39(44)27-31-17-20-34(21-18-31)47-28-32-13-7-6-8-14-32/h6-8,13-14,17-18,20-21,29-30,33,35-40H,9-12,15-16,19,22-28,44H2,1-5H3,(H,45,46)/t30-,33?,35+,36-,37+,38+,39+,40?,42-,43+/m1/s1. The number of hydrogen-bond donors (Lipinski definition) is 2. The van der Waals surface area contributed by atoms with Crippen LogP contribution in [0.4, 0.5) is 0 Å². The first kappa shape index (κ1) is 34.5. The Morgan fingerprint density at radius 1 is 0.872 bits per heavy atom. The molecule has 258 valence electrons. The minimum Gasteiger partial charge on any atom is -0.489 e. The van der Waals surface area contributed by atoms with Crippen LogP contribution >= 0.6 is 0 Å². The van der Waals surface area contributed by atoms with Crippen LogP contribution in [0, 0.1) is 52.3 Å². The van der Waals surface area contributed by atoms with Crippen molar-refractivity contribution in [2.75, 3.05) is 0 Å².